The third kappa shape index (κ3) is 2.83. The van der Waals surface area contributed by atoms with Crippen LogP contribution in [-0.2, 0) is 4.79 Å². The highest BCUT2D eigenvalue weighted by atomic mass is 32.2. The van der Waals surface area contributed by atoms with Crippen LogP contribution in [0.25, 0.3) is 0 Å². The zero-order valence-corrected chi connectivity index (χ0v) is 13.9. The molecule has 3 atom stereocenters. The van der Waals surface area contributed by atoms with Crippen LogP contribution in [0.15, 0.2) is 24.4 Å². The lowest BCUT2D eigenvalue weighted by Gasteiger charge is -2.40. The van der Waals surface area contributed by atoms with Gasteiger partial charge in [-0.05, 0) is 29.7 Å². The van der Waals surface area contributed by atoms with E-state index in [4.69, 9.17) is 0 Å². The molecule has 1 aromatic rings. The predicted octanol–water partition coefficient (Wildman–Crippen LogP) is 3.40. The summed E-state index contributed by atoms with van der Waals surface area (Å²) in [5, 5.41) is 0.422. The molecule has 2 heterocycles. The van der Waals surface area contributed by atoms with Crippen LogP contribution >= 0.6 is 11.8 Å². The minimum atomic E-state index is 0.108. The molecular weight excluding hydrogens is 280 g/mol. The van der Waals surface area contributed by atoms with Crippen molar-refractivity contribution in [2.45, 2.75) is 44.9 Å². The van der Waals surface area contributed by atoms with Crippen molar-refractivity contribution in [2.75, 3.05) is 17.2 Å². The van der Waals surface area contributed by atoms with Crippen LogP contribution in [0.5, 0.6) is 0 Å². The van der Waals surface area contributed by atoms with E-state index in [1.165, 1.54) is 0 Å². The first-order valence-corrected chi connectivity index (χ1v) is 8.89. The number of carbonyl (C=O) groups excluding carboxylic acids is 1. The van der Waals surface area contributed by atoms with Crippen LogP contribution < -0.4 is 4.90 Å². The molecule has 4 heteroatoms. The lowest BCUT2D eigenvalue weighted by molar-refractivity contribution is -0.127. The molecule has 0 amide bonds. The second kappa shape index (κ2) is 5.64. The van der Waals surface area contributed by atoms with Gasteiger partial charge >= 0.3 is 0 Å². The Bertz CT molecular complexity index is 517. The van der Waals surface area contributed by atoms with Crippen molar-refractivity contribution in [2.24, 2.45) is 11.3 Å². The number of nitrogens with zero attached hydrogens (tertiary/aromatic N) is 2. The fourth-order valence-corrected chi connectivity index (χ4v) is 5.16. The molecule has 3 nitrogen and oxygen atoms in total. The van der Waals surface area contributed by atoms with Crippen LogP contribution in [0, 0.1) is 11.3 Å². The van der Waals surface area contributed by atoms with E-state index in [-0.39, 0.29) is 11.3 Å². The molecule has 2 fully saturated rings. The van der Waals surface area contributed by atoms with Crippen molar-refractivity contribution in [3.05, 3.63) is 24.4 Å². The van der Waals surface area contributed by atoms with Crippen LogP contribution in [-0.4, -0.2) is 34.4 Å². The summed E-state index contributed by atoms with van der Waals surface area (Å²) in [6, 6.07) is 6.38. The largest absolute Gasteiger partial charge is 0.352 e. The third-order valence-electron chi connectivity index (χ3n) is 4.70. The van der Waals surface area contributed by atoms with Gasteiger partial charge in [0.05, 0.1) is 5.92 Å². The molecule has 2 aliphatic rings. The first kappa shape index (κ1) is 14.9. The van der Waals surface area contributed by atoms with E-state index in [1.807, 2.05) is 30.1 Å². The lowest BCUT2D eigenvalue weighted by Crippen LogP contribution is -2.45. The van der Waals surface area contributed by atoms with Gasteiger partial charge in [0, 0.05) is 30.5 Å². The molecule has 0 spiro atoms. The van der Waals surface area contributed by atoms with E-state index >= 15 is 0 Å². The molecule has 0 aromatic carbocycles. The summed E-state index contributed by atoms with van der Waals surface area (Å²) in [4.78, 5) is 19.6. The van der Waals surface area contributed by atoms with Crippen molar-refractivity contribution in [3.63, 3.8) is 0 Å². The number of anilines is 1. The molecule has 1 saturated carbocycles. The van der Waals surface area contributed by atoms with Crippen molar-refractivity contribution < 1.29 is 4.79 Å². The molecule has 1 aliphatic heterocycles. The Morgan fingerprint density at radius 1 is 1.43 bits per heavy atom. The number of fused-ring (bicyclic) bond motifs is 1. The number of hydrogen-bond donors (Lipinski definition) is 0. The van der Waals surface area contributed by atoms with E-state index in [2.05, 4.69) is 36.7 Å². The van der Waals surface area contributed by atoms with Gasteiger partial charge in [0.1, 0.15) is 11.6 Å². The molecule has 0 radical (unpaired) electrons. The summed E-state index contributed by atoms with van der Waals surface area (Å²) in [7, 11) is 0. The smallest absolute Gasteiger partial charge is 0.139 e. The summed E-state index contributed by atoms with van der Waals surface area (Å²) in [5.74, 6) is 2.74. The second-order valence-corrected chi connectivity index (χ2v) is 8.45. The summed E-state index contributed by atoms with van der Waals surface area (Å²) < 4.78 is 0. The van der Waals surface area contributed by atoms with Gasteiger partial charge in [-0.1, -0.05) is 26.8 Å². The monoisotopic (exact) mass is 304 g/mol. The summed E-state index contributed by atoms with van der Waals surface area (Å²) >= 11 is 1.94. The summed E-state index contributed by atoms with van der Waals surface area (Å²) in [6.07, 6.45) is 3.66. The van der Waals surface area contributed by atoms with Gasteiger partial charge in [-0.25, -0.2) is 4.98 Å². The Labute approximate surface area is 131 Å². The maximum atomic E-state index is 12.7. The van der Waals surface area contributed by atoms with Crippen molar-refractivity contribution in [1.82, 2.24) is 4.98 Å². The van der Waals surface area contributed by atoms with Crippen molar-refractivity contribution in [3.8, 4) is 0 Å². The molecule has 21 heavy (non-hydrogen) atoms. The molecule has 1 aromatic heterocycles. The molecule has 3 unspecified atom stereocenters. The van der Waals surface area contributed by atoms with E-state index in [1.54, 1.807) is 0 Å². The van der Waals surface area contributed by atoms with E-state index in [0.29, 0.717) is 17.1 Å². The summed E-state index contributed by atoms with van der Waals surface area (Å²) in [6.45, 7) is 7.57. The van der Waals surface area contributed by atoms with Crippen LogP contribution in [0.1, 0.15) is 33.6 Å². The first-order chi connectivity index (χ1) is 10.0. The van der Waals surface area contributed by atoms with Crippen LogP contribution in [0.2, 0.25) is 0 Å². The van der Waals surface area contributed by atoms with Gasteiger partial charge in [-0.2, -0.15) is 11.8 Å². The molecule has 0 N–H and O–H groups in total. The van der Waals surface area contributed by atoms with Crippen LogP contribution in [0.3, 0.4) is 0 Å². The van der Waals surface area contributed by atoms with Crippen molar-refractivity contribution >= 4 is 23.4 Å². The van der Waals surface area contributed by atoms with Gasteiger partial charge in [0.15, 0.2) is 0 Å². The van der Waals surface area contributed by atoms with Gasteiger partial charge in [-0.15, -0.1) is 0 Å². The Morgan fingerprint density at radius 3 is 2.90 bits per heavy atom. The van der Waals surface area contributed by atoms with Gasteiger partial charge in [0.2, 0.25) is 0 Å². The number of aromatic nitrogens is 1. The fraction of sp³-hybridized carbons (Fsp3) is 0.647. The molecule has 114 valence electrons. The van der Waals surface area contributed by atoms with Crippen LogP contribution in [0.4, 0.5) is 5.82 Å². The highest BCUT2D eigenvalue weighted by molar-refractivity contribution is 7.99. The topological polar surface area (TPSA) is 33.2 Å². The number of pyridine rings is 1. The van der Waals surface area contributed by atoms with Gasteiger partial charge in [-0.3, -0.25) is 4.79 Å². The average Bonchev–Trinajstić information content (AvgIpc) is 2.77. The van der Waals surface area contributed by atoms with Gasteiger partial charge in [0.25, 0.3) is 0 Å². The lowest BCUT2D eigenvalue weighted by atomic mass is 9.70. The van der Waals surface area contributed by atoms with Gasteiger partial charge < -0.3 is 4.90 Å². The first-order valence-electron chi connectivity index (χ1n) is 7.84. The minimum absolute atomic E-state index is 0.108. The zero-order chi connectivity index (χ0) is 15.0. The molecular formula is C17H24N2OS. The molecule has 0 bridgehead atoms. The zero-order valence-electron chi connectivity index (χ0n) is 13.1. The van der Waals surface area contributed by atoms with E-state index in [0.717, 1.165) is 31.0 Å². The van der Waals surface area contributed by atoms with Crippen molar-refractivity contribution in [1.29, 1.82) is 0 Å². The predicted molar refractivity (Wildman–Crippen MR) is 88.8 cm³/mol. The standard InChI is InChI=1S/C17H24N2OS/c1-4-21-14-11-19(15-7-5-6-8-18-15)12-9-17(2,3)10-13(20)16(12)14/h5-8,12,14,16H,4,9-11H2,1-3H3. The number of carbonyl (C=O) groups is 1. The Hall–Kier alpha value is -1.03. The number of hydrogen-bond acceptors (Lipinski definition) is 4. The fourth-order valence-electron chi connectivity index (χ4n) is 3.93. The minimum Gasteiger partial charge on any atom is -0.352 e. The number of rotatable bonds is 3. The third-order valence-corrected chi connectivity index (χ3v) is 5.91. The molecule has 1 saturated heterocycles. The SMILES string of the molecule is CCSC1CN(c2ccccn2)C2CC(C)(C)CC(=O)C12. The molecule has 3 rings (SSSR count). The van der Waals surface area contributed by atoms with E-state index < -0.39 is 0 Å². The number of Topliss-reactive ketones (excluding diaryl/α,β-unsaturated/α-hetero) is 1. The maximum Gasteiger partial charge on any atom is 0.139 e. The maximum absolute atomic E-state index is 12.7. The Morgan fingerprint density at radius 2 is 2.24 bits per heavy atom. The molecule has 1 aliphatic carbocycles. The highest BCUT2D eigenvalue weighted by Crippen LogP contribution is 2.47. The summed E-state index contributed by atoms with van der Waals surface area (Å²) in [5.41, 5.74) is 0.108. The van der Waals surface area contributed by atoms with E-state index in [9.17, 15) is 4.79 Å². The average molecular weight is 304 g/mol. The highest BCUT2D eigenvalue weighted by Gasteiger charge is 2.51. The Balaban J connectivity index is 1.93. The number of thioether (sulfide) groups is 1. The normalized spacial score (nSPS) is 31.3. The Kier molecular flexibility index (Phi) is 4.00. The number of ketones is 1. The quantitative estimate of drug-likeness (QED) is 0.857. The second-order valence-electron chi connectivity index (χ2n) is 6.94.